The second-order valence-electron chi connectivity index (χ2n) is 7.15. The van der Waals surface area contributed by atoms with Crippen LogP contribution in [0.15, 0.2) is 65.7 Å². The number of carbonyl (C=O) groups is 1. The lowest BCUT2D eigenvalue weighted by Gasteiger charge is -2.34. The third-order valence-electron chi connectivity index (χ3n) is 5.32. The van der Waals surface area contributed by atoms with Gasteiger partial charge in [0.2, 0.25) is 5.91 Å². The average Bonchev–Trinajstić information content (AvgIpc) is 2.75. The van der Waals surface area contributed by atoms with Crippen LogP contribution in [0.1, 0.15) is 5.56 Å². The van der Waals surface area contributed by atoms with E-state index in [4.69, 9.17) is 0 Å². The van der Waals surface area contributed by atoms with Crippen molar-refractivity contribution < 1.29 is 4.79 Å². The smallest absolute Gasteiger partial charge is 0.261 e. The number of hydrogen-bond acceptors (Lipinski definition) is 4. The molecule has 0 unspecified atom stereocenters. The van der Waals surface area contributed by atoms with Gasteiger partial charge in [0.25, 0.3) is 5.56 Å². The fraction of sp³-hybridized carbons (Fsp3) is 0.318. The molecule has 3 aromatic rings. The van der Waals surface area contributed by atoms with Crippen LogP contribution in [-0.4, -0.2) is 58.0 Å². The van der Waals surface area contributed by atoms with E-state index in [0.717, 1.165) is 26.1 Å². The summed E-state index contributed by atoms with van der Waals surface area (Å²) in [6.07, 6.45) is 2.49. The Balaban J connectivity index is 1.32. The summed E-state index contributed by atoms with van der Waals surface area (Å²) in [6, 6.07) is 17.7. The Labute approximate surface area is 164 Å². The zero-order valence-corrected chi connectivity index (χ0v) is 15.8. The van der Waals surface area contributed by atoms with Crippen LogP contribution in [0.3, 0.4) is 0 Å². The van der Waals surface area contributed by atoms with Crippen molar-refractivity contribution in [3.63, 3.8) is 0 Å². The minimum absolute atomic E-state index is 0.0260. The van der Waals surface area contributed by atoms with E-state index in [1.54, 1.807) is 12.1 Å². The summed E-state index contributed by atoms with van der Waals surface area (Å²) >= 11 is 0. The maximum atomic E-state index is 12.7. The van der Waals surface area contributed by atoms with Gasteiger partial charge in [0.15, 0.2) is 0 Å². The molecule has 0 spiro atoms. The van der Waals surface area contributed by atoms with E-state index in [0.29, 0.717) is 24.0 Å². The maximum Gasteiger partial charge on any atom is 0.261 e. The van der Waals surface area contributed by atoms with E-state index < -0.39 is 0 Å². The first-order valence-electron chi connectivity index (χ1n) is 9.69. The quantitative estimate of drug-likeness (QED) is 0.681. The maximum absolute atomic E-state index is 12.7. The van der Waals surface area contributed by atoms with Crippen LogP contribution in [0.25, 0.3) is 10.9 Å². The van der Waals surface area contributed by atoms with E-state index in [-0.39, 0.29) is 18.0 Å². The number of piperazine rings is 1. The molecule has 0 N–H and O–H groups in total. The van der Waals surface area contributed by atoms with Gasteiger partial charge in [0.05, 0.1) is 17.2 Å². The highest BCUT2D eigenvalue weighted by Crippen LogP contribution is 2.08. The molecule has 2 heterocycles. The van der Waals surface area contributed by atoms with Crippen LogP contribution in [0.4, 0.5) is 0 Å². The van der Waals surface area contributed by atoms with Crippen LogP contribution >= 0.6 is 0 Å². The zero-order valence-electron chi connectivity index (χ0n) is 15.8. The molecule has 0 atom stereocenters. The lowest BCUT2D eigenvalue weighted by atomic mass is 10.1. The van der Waals surface area contributed by atoms with E-state index in [1.165, 1.54) is 16.5 Å². The number of hydrogen-bond donors (Lipinski definition) is 0. The molecule has 6 heteroatoms. The molecule has 1 fully saturated rings. The Hall–Kier alpha value is -2.99. The molecule has 4 rings (SSSR count). The lowest BCUT2D eigenvalue weighted by Crippen LogP contribution is -2.50. The summed E-state index contributed by atoms with van der Waals surface area (Å²) in [4.78, 5) is 33.8. The number of fused-ring (bicyclic) bond motifs is 1. The number of benzene rings is 2. The summed E-state index contributed by atoms with van der Waals surface area (Å²) in [5.74, 6) is -0.0260. The Morgan fingerprint density at radius 3 is 2.43 bits per heavy atom. The molecule has 1 saturated heterocycles. The average molecular weight is 376 g/mol. The largest absolute Gasteiger partial charge is 0.339 e. The van der Waals surface area contributed by atoms with Gasteiger partial charge < -0.3 is 4.90 Å². The van der Waals surface area contributed by atoms with Gasteiger partial charge in [-0.3, -0.25) is 19.1 Å². The summed E-state index contributed by atoms with van der Waals surface area (Å²) in [7, 11) is 0. The van der Waals surface area contributed by atoms with Crippen molar-refractivity contribution in [3.05, 3.63) is 76.8 Å². The molecule has 1 amide bonds. The number of rotatable bonds is 5. The normalized spacial score (nSPS) is 15.1. The Kier molecular flexibility index (Phi) is 5.48. The molecule has 1 aliphatic rings. The molecule has 0 bridgehead atoms. The Morgan fingerprint density at radius 1 is 0.929 bits per heavy atom. The monoisotopic (exact) mass is 376 g/mol. The molecule has 0 radical (unpaired) electrons. The Morgan fingerprint density at radius 2 is 1.64 bits per heavy atom. The third-order valence-corrected chi connectivity index (χ3v) is 5.32. The predicted molar refractivity (Wildman–Crippen MR) is 109 cm³/mol. The van der Waals surface area contributed by atoms with Crippen LogP contribution in [0.5, 0.6) is 0 Å². The van der Waals surface area contributed by atoms with Gasteiger partial charge in [-0.05, 0) is 24.1 Å². The topological polar surface area (TPSA) is 58.4 Å². The summed E-state index contributed by atoms with van der Waals surface area (Å²) in [6.45, 7) is 4.17. The first-order valence-corrected chi connectivity index (χ1v) is 9.69. The minimum atomic E-state index is -0.166. The predicted octanol–water partition coefficient (Wildman–Crippen LogP) is 1.78. The van der Waals surface area contributed by atoms with Gasteiger partial charge in [-0.2, -0.15) is 0 Å². The Bertz CT molecular complexity index is 1010. The van der Waals surface area contributed by atoms with Crippen molar-refractivity contribution in [2.75, 3.05) is 32.7 Å². The first-order chi connectivity index (χ1) is 13.7. The van der Waals surface area contributed by atoms with Crippen LogP contribution in [-0.2, 0) is 17.8 Å². The second kappa shape index (κ2) is 8.35. The van der Waals surface area contributed by atoms with E-state index in [2.05, 4.69) is 34.1 Å². The molecule has 1 aromatic heterocycles. The number of amides is 1. The highest BCUT2D eigenvalue weighted by molar-refractivity contribution is 5.79. The highest BCUT2D eigenvalue weighted by atomic mass is 16.2. The van der Waals surface area contributed by atoms with Crippen molar-refractivity contribution in [2.45, 2.75) is 13.0 Å². The van der Waals surface area contributed by atoms with Crippen molar-refractivity contribution in [2.24, 2.45) is 0 Å². The summed E-state index contributed by atoms with van der Waals surface area (Å²) in [5.41, 5.74) is 1.83. The standard InChI is InChI=1S/C22H24N4O2/c27-21(16-26-17-23-20-9-5-4-8-19(20)22(26)28)25-14-12-24(13-15-25)11-10-18-6-2-1-3-7-18/h1-9,17H,10-16H2. The molecule has 0 saturated carbocycles. The van der Waals surface area contributed by atoms with E-state index in [9.17, 15) is 9.59 Å². The zero-order chi connectivity index (χ0) is 19.3. The van der Waals surface area contributed by atoms with Gasteiger partial charge in [-0.1, -0.05) is 42.5 Å². The van der Waals surface area contributed by atoms with Gasteiger partial charge in [-0.25, -0.2) is 4.98 Å². The molecule has 28 heavy (non-hydrogen) atoms. The van der Waals surface area contributed by atoms with Gasteiger partial charge in [0, 0.05) is 32.7 Å². The third kappa shape index (κ3) is 4.12. The molecular weight excluding hydrogens is 352 g/mol. The SMILES string of the molecule is O=C(Cn1cnc2ccccc2c1=O)N1CCN(CCc2ccccc2)CC1. The van der Waals surface area contributed by atoms with Crippen LogP contribution in [0, 0.1) is 0 Å². The number of para-hydroxylation sites is 1. The van der Waals surface area contributed by atoms with Gasteiger partial charge >= 0.3 is 0 Å². The second-order valence-corrected chi connectivity index (χ2v) is 7.15. The molecule has 144 valence electrons. The number of nitrogens with zero attached hydrogens (tertiary/aromatic N) is 4. The van der Waals surface area contributed by atoms with Crippen LogP contribution < -0.4 is 5.56 Å². The van der Waals surface area contributed by atoms with Crippen molar-refractivity contribution >= 4 is 16.8 Å². The number of carbonyl (C=O) groups excluding carboxylic acids is 1. The summed E-state index contributed by atoms with van der Waals surface area (Å²) < 4.78 is 1.41. The van der Waals surface area contributed by atoms with E-state index >= 15 is 0 Å². The molecule has 2 aromatic carbocycles. The fourth-order valence-electron chi connectivity index (χ4n) is 3.62. The van der Waals surface area contributed by atoms with Crippen molar-refractivity contribution in [3.8, 4) is 0 Å². The fourth-order valence-corrected chi connectivity index (χ4v) is 3.62. The summed E-state index contributed by atoms with van der Waals surface area (Å²) in [5, 5.41) is 0.545. The molecule has 6 nitrogen and oxygen atoms in total. The minimum Gasteiger partial charge on any atom is -0.339 e. The van der Waals surface area contributed by atoms with Gasteiger partial charge in [0.1, 0.15) is 6.54 Å². The van der Waals surface area contributed by atoms with Crippen LogP contribution in [0.2, 0.25) is 0 Å². The van der Waals surface area contributed by atoms with E-state index in [1.807, 2.05) is 23.1 Å². The number of aromatic nitrogens is 2. The first kappa shape index (κ1) is 18.4. The van der Waals surface area contributed by atoms with Crippen molar-refractivity contribution in [1.82, 2.24) is 19.4 Å². The highest BCUT2D eigenvalue weighted by Gasteiger charge is 2.21. The van der Waals surface area contributed by atoms with Gasteiger partial charge in [-0.15, -0.1) is 0 Å². The molecular formula is C22H24N4O2. The van der Waals surface area contributed by atoms with Crippen molar-refractivity contribution in [1.29, 1.82) is 0 Å². The molecule has 0 aliphatic carbocycles. The lowest BCUT2D eigenvalue weighted by molar-refractivity contribution is -0.133. The molecule has 1 aliphatic heterocycles.